The van der Waals surface area contributed by atoms with E-state index in [0.29, 0.717) is 6.54 Å². The van der Waals surface area contributed by atoms with Crippen molar-refractivity contribution in [1.29, 1.82) is 0 Å². The Labute approximate surface area is 79.9 Å². The zero-order chi connectivity index (χ0) is 10.6. The van der Waals surface area contributed by atoms with Crippen LogP contribution in [0.2, 0.25) is 0 Å². The number of hydrogen-bond acceptors (Lipinski definition) is 5. The highest BCUT2D eigenvalue weighted by molar-refractivity contribution is 5.89. The van der Waals surface area contributed by atoms with Gasteiger partial charge in [-0.2, -0.15) is 4.98 Å². The Morgan fingerprint density at radius 3 is 2.93 bits per heavy atom. The molecule has 3 N–H and O–H groups in total. The molecule has 0 aromatic carbocycles. The predicted octanol–water partition coefficient (Wildman–Crippen LogP) is 0.478. The summed E-state index contributed by atoms with van der Waals surface area (Å²) in [6, 6.07) is 0. The highest BCUT2D eigenvalue weighted by atomic mass is 16.4. The van der Waals surface area contributed by atoms with Gasteiger partial charge in [0.1, 0.15) is 5.56 Å². The van der Waals surface area contributed by atoms with Crippen molar-refractivity contribution in [2.75, 3.05) is 11.9 Å². The number of aromatic hydroxyl groups is 1. The fourth-order valence-corrected chi connectivity index (χ4v) is 0.772. The molecule has 1 aromatic rings. The first-order chi connectivity index (χ1) is 6.65. The van der Waals surface area contributed by atoms with Crippen LogP contribution in [0.3, 0.4) is 0 Å². The summed E-state index contributed by atoms with van der Waals surface area (Å²) in [5.41, 5.74) is -0.325. The number of aromatic carboxylic acids is 1. The van der Waals surface area contributed by atoms with Crippen molar-refractivity contribution in [2.45, 2.75) is 0 Å². The second kappa shape index (κ2) is 4.22. The highest BCUT2D eigenvalue weighted by Gasteiger charge is 2.11. The minimum Gasteiger partial charge on any atom is -0.493 e. The van der Waals surface area contributed by atoms with Crippen LogP contribution in [-0.4, -0.2) is 32.7 Å². The number of carboxylic acids is 1. The molecule has 0 aliphatic rings. The standard InChI is InChI=1S/C8H9N3O3/c1-2-3-9-8-10-4-5(7(13)14)6(12)11-8/h2,4H,1,3H2,(H,13,14)(H2,9,10,11,12). The molecule has 74 valence electrons. The van der Waals surface area contributed by atoms with Crippen LogP contribution >= 0.6 is 0 Å². The molecule has 0 atom stereocenters. The minimum absolute atomic E-state index is 0.160. The van der Waals surface area contributed by atoms with E-state index in [0.717, 1.165) is 6.20 Å². The Balaban J connectivity index is 2.88. The van der Waals surface area contributed by atoms with Gasteiger partial charge >= 0.3 is 5.97 Å². The maximum Gasteiger partial charge on any atom is 0.342 e. The topological polar surface area (TPSA) is 95.3 Å². The summed E-state index contributed by atoms with van der Waals surface area (Å²) < 4.78 is 0. The predicted molar refractivity (Wildman–Crippen MR) is 49.3 cm³/mol. The number of aromatic nitrogens is 2. The first kappa shape index (κ1) is 9.97. The molecule has 0 unspecified atom stereocenters. The van der Waals surface area contributed by atoms with Gasteiger partial charge in [0.05, 0.1) is 6.20 Å². The van der Waals surface area contributed by atoms with Gasteiger partial charge in [-0.05, 0) is 0 Å². The summed E-state index contributed by atoms with van der Waals surface area (Å²) in [6.07, 6.45) is 2.63. The van der Waals surface area contributed by atoms with Crippen molar-refractivity contribution >= 4 is 11.9 Å². The minimum atomic E-state index is -1.27. The van der Waals surface area contributed by atoms with Crippen LogP contribution in [0.1, 0.15) is 10.4 Å². The van der Waals surface area contributed by atoms with Gasteiger partial charge in [-0.1, -0.05) is 6.08 Å². The molecule has 0 saturated carbocycles. The van der Waals surface area contributed by atoms with Crippen molar-refractivity contribution in [3.8, 4) is 5.88 Å². The molecule has 0 bridgehead atoms. The summed E-state index contributed by atoms with van der Waals surface area (Å²) in [4.78, 5) is 17.7. The monoisotopic (exact) mass is 195 g/mol. The van der Waals surface area contributed by atoms with Crippen LogP contribution in [-0.2, 0) is 0 Å². The van der Waals surface area contributed by atoms with E-state index in [2.05, 4.69) is 21.9 Å². The maximum atomic E-state index is 10.5. The summed E-state index contributed by atoms with van der Waals surface area (Å²) in [5.74, 6) is -1.66. The number of hydrogen-bond donors (Lipinski definition) is 3. The summed E-state index contributed by atoms with van der Waals surface area (Å²) >= 11 is 0. The van der Waals surface area contributed by atoms with E-state index in [1.165, 1.54) is 0 Å². The quantitative estimate of drug-likeness (QED) is 0.605. The van der Waals surface area contributed by atoms with E-state index in [1.807, 2.05) is 0 Å². The lowest BCUT2D eigenvalue weighted by Crippen LogP contribution is -2.06. The molecule has 0 aliphatic carbocycles. The molecule has 0 spiro atoms. The van der Waals surface area contributed by atoms with Crippen molar-refractivity contribution < 1.29 is 15.0 Å². The highest BCUT2D eigenvalue weighted by Crippen LogP contribution is 2.13. The first-order valence-electron chi connectivity index (χ1n) is 3.79. The average Bonchev–Trinajstić information content (AvgIpc) is 2.14. The van der Waals surface area contributed by atoms with Crippen molar-refractivity contribution in [2.24, 2.45) is 0 Å². The molecule has 0 saturated heterocycles. The number of carbonyl (C=O) groups is 1. The van der Waals surface area contributed by atoms with Crippen LogP contribution in [0.5, 0.6) is 5.88 Å². The van der Waals surface area contributed by atoms with Gasteiger partial charge in [0.15, 0.2) is 0 Å². The van der Waals surface area contributed by atoms with Gasteiger partial charge in [-0.15, -0.1) is 6.58 Å². The molecule has 14 heavy (non-hydrogen) atoms. The van der Waals surface area contributed by atoms with Crippen molar-refractivity contribution in [1.82, 2.24) is 9.97 Å². The average molecular weight is 195 g/mol. The zero-order valence-corrected chi connectivity index (χ0v) is 7.27. The Morgan fingerprint density at radius 1 is 1.71 bits per heavy atom. The van der Waals surface area contributed by atoms with Crippen LogP contribution in [0.15, 0.2) is 18.9 Å². The lowest BCUT2D eigenvalue weighted by molar-refractivity contribution is 0.0692. The number of nitrogens with one attached hydrogen (secondary N) is 1. The Morgan fingerprint density at radius 2 is 2.43 bits per heavy atom. The summed E-state index contributed by atoms with van der Waals surface area (Å²) in [6.45, 7) is 3.91. The van der Waals surface area contributed by atoms with Crippen molar-refractivity contribution in [3.05, 3.63) is 24.4 Å². The third-order valence-corrected chi connectivity index (χ3v) is 1.40. The Hall–Kier alpha value is -2.11. The summed E-state index contributed by atoms with van der Waals surface area (Å²) in [7, 11) is 0. The van der Waals surface area contributed by atoms with Crippen LogP contribution in [0.25, 0.3) is 0 Å². The number of anilines is 1. The fraction of sp³-hybridized carbons (Fsp3) is 0.125. The normalized spacial score (nSPS) is 9.43. The molecule has 0 amide bonds. The van der Waals surface area contributed by atoms with Crippen LogP contribution in [0, 0.1) is 0 Å². The van der Waals surface area contributed by atoms with Gasteiger partial charge in [-0.3, -0.25) is 0 Å². The number of rotatable bonds is 4. The van der Waals surface area contributed by atoms with Gasteiger partial charge in [-0.25, -0.2) is 9.78 Å². The lowest BCUT2D eigenvalue weighted by Gasteiger charge is -2.02. The molecule has 6 heteroatoms. The van der Waals surface area contributed by atoms with Crippen LogP contribution in [0.4, 0.5) is 5.95 Å². The molecule has 0 radical (unpaired) electrons. The number of nitrogens with zero attached hydrogens (tertiary/aromatic N) is 2. The molecule has 1 rings (SSSR count). The lowest BCUT2D eigenvalue weighted by atomic mass is 10.3. The molecule has 0 fully saturated rings. The Bertz CT molecular complexity index is 365. The van der Waals surface area contributed by atoms with E-state index in [4.69, 9.17) is 10.2 Å². The van der Waals surface area contributed by atoms with Gasteiger partial charge < -0.3 is 15.5 Å². The number of carboxylic acid groups (broad SMARTS) is 1. The molecular weight excluding hydrogens is 186 g/mol. The third-order valence-electron chi connectivity index (χ3n) is 1.40. The van der Waals surface area contributed by atoms with Crippen LogP contribution < -0.4 is 5.32 Å². The maximum absolute atomic E-state index is 10.5. The fourth-order valence-electron chi connectivity index (χ4n) is 0.772. The van der Waals surface area contributed by atoms with Gasteiger partial charge in [0, 0.05) is 6.54 Å². The Kier molecular flexibility index (Phi) is 3.01. The molecular formula is C8H9N3O3. The zero-order valence-electron chi connectivity index (χ0n) is 7.27. The SMILES string of the molecule is C=CCNc1ncc(C(=O)O)c(O)n1. The molecule has 1 aromatic heterocycles. The second-order valence-electron chi connectivity index (χ2n) is 2.41. The van der Waals surface area contributed by atoms with Crippen molar-refractivity contribution in [3.63, 3.8) is 0 Å². The van der Waals surface area contributed by atoms with Gasteiger partial charge in [0.2, 0.25) is 11.8 Å². The molecule has 6 nitrogen and oxygen atoms in total. The van der Waals surface area contributed by atoms with E-state index in [1.54, 1.807) is 6.08 Å². The third kappa shape index (κ3) is 2.19. The smallest absolute Gasteiger partial charge is 0.342 e. The molecule has 1 heterocycles. The first-order valence-corrected chi connectivity index (χ1v) is 3.79. The van der Waals surface area contributed by atoms with E-state index >= 15 is 0 Å². The molecule has 0 aliphatic heterocycles. The van der Waals surface area contributed by atoms with Gasteiger partial charge in [0.25, 0.3) is 0 Å². The second-order valence-corrected chi connectivity index (χ2v) is 2.41. The largest absolute Gasteiger partial charge is 0.493 e. The van der Waals surface area contributed by atoms with E-state index in [-0.39, 0.29) is 11.5 Å². The summed E-state index contributed by atoms with van der Waals surface area (Å²) in [5, 5.41) is 20.4. The van der Waals surface area contributed by atoms with E-state index in [9.17, 15) is 4.79 Å². The van der Waals surface area contributed by atoms with E-state index < -0.39 is 11.8 Å².